The zero-order chi connectivity index (χ0) is 39.6. The van der Waals surface area contributed by atoms with Gasteiger partial charge in [-0.15, -0.1) is 0 Å². The number of rotatable bonds is 45. The molecule has 324 valence electrons. The quantitative estimate of drug-likeness (QED) is 0.0401. The van der Waals surface area contributed by atoms with Crippen LogP contribution in [-0.4, -0.2) is 119 Å². The number of nitrogens with one attached hydrogen (secondary N) is 1. The van der Waals surface area contributed by atoms with Crippen LogP contribution in [0.25, 0.3) is 0 Å². The summed E-state index contributed by atoms with van der Waals surface area (Å²) in [5.41, 5.74) is 0. The molecule has 54 heavy (non-hydrogen) atoms. The third-order valence-electron chi connectivity index (χ3n) is 9.11. The van der Waals surface area contributed by atoms with Crippen LogP contribution in [-0.2, 0) is 37.8 Å². The van der Waals surface area contributed by atoms with E-state index in [0.29, 0.717) is 52.8 Å². The molecule has 0 bridgehead atoms. The van der Waals surface area contributed by atoms with Crippen molar-refractivity contribution in [2.75, 3.05) is 96.9 Å². The van der Waals surface area contributed by atoms with Gasteiger partial charge in [-0.3, -0.25) is 9.36 Å². The van der Waals surface area contributed by atoms with E-state index in [1.54, 1.807) is 11.8 Å². The maximum Gasteiger partial charge on any atom is 0.327 e. The summed E-state index contributed by atoms with van der Waals surface area (Å²) >= 11 is 1.77. The van der Waals surface area contributed by atoms with Crippen molar-refractivity contribution in [1.82, 2.24) is 5.32 Å². The lowest BCUT2D eigenvalue weighted by molar-refractivity contribution is -0.124. The molecule has 3 N–H and O–H groups in total. The van der Waals surface area contributed by atoms with Crippen molar-refractivity contribution in [1.29, 1.82) is 0 Å². The van der Waals surface area contributed by atoms with Crippen LogP contribution in [0.1, 0.15) is 149 Å². The number of carbonyl (C=O) groups excluding carboxylic acids is 1. The fourth-order valence-electron chi connectivity index (χ4n) is 5.71. The van der Waals surface area contributed by atoms with E-state index in [2.05, 4.69) is 19.2 Å². The lowest BCUT2D eigenvalue weighted by atomic mass is 10.1. The summed E-state index contributed by atoms with van der Waals surface area (Å²) in [6, 6.07) is 0. The van der Waals surface area contributed by atoms with Gasteiger partial charge in [-0.1, -0.05) is 136 Å². The first-order valence-electron chi connectivity index (χ1n) is 21.7. The Bertz CT molecular complexity index is 825. The highest BCUT2D eigenvalue weighted by Gasteiger charge is 2.16. The summed E-state index contributed by atoms with van der Waals surface area (Å²) in [6.07, 6.45) is 26.1. The van der Waals surface area contributed by atoms with E-state index in [1.165, 1.54) is 116 Å². The molecule has 1 amide bonds. The number of carbonyl (C=O) groups is 1. The van der Waals surface area contributed by atoms with Gasteiger partial charge in [0.2, 0.25) is 5.91 Å². The van der Waals surface area contributed by atoms with E-state index in [4.69, 9.17) is 38.2 Å². The third-order valence-corrected chi connectivity index (χ3v) is 11.2. The van der Waals surface area contributed by atoms with Gasteiger partial charge in [0.15, 0.2) is 0 Å². The molecule has 0 radical (unpaired) electrons. The molecule has 11 nitrogen and oxygen atoms in total. The Morgan fingerprint density at radius 3 is 1.46 bits per heavy atom. The summed E-state index contributed by atoms with van der Waals surface area (Å²) in [5, 5.41) is 2.97. The number of amides is 1. The summed E-state index contributed by atoms with van der Waals surface area (Å²) < 4.78 is 44.6. The van der Waals surface area contributed by atoms with Crippen molar-refractivity contribution in [2.24, 2.45) is 5.92 Å². The van der Waals surface area contributed by atoms with Crippen molar-refractivity contribution in [2.45, 2.75) is 155 Å². The Morgan fingerprint density at radius 2 is 0.981 bits per heavy atom. The molecule has 0 unspecified atom stereocenters. The average molecular weight is 814 g/mol. The number of unbranched alkanes of at least 4 members (excludes halogenated alkanes) is 18. The number of hydrogen-bond donors (Lipinski definition) is 3. The highest BCUT2D eigenvalue weighted by molar-refractivity contribution is 7.99. The molecule has 0 aromatic heterocycles. The van der Waals surface area contributed by atoms with E-state index in [-0.39, 0.29) is 37.3 Å². The number of ether oxygens (including phenoxy) is 6. The Hall–Kier alpha value is -0.270. The normalized spacial score (nSPS) is 13.1. The topological polar surface area (TPSA) is 142 Å². The van der Waals surface area contributed by atoms with Gasteiger partial charge >= 0.3 is 7.60 Å². The molecule has 0 aromatic carbocycles. The smallest absolute Gasteiger partial charge is 0.327 e. The molecule has 0 spiro atoms. The van der Waals surface area contributed by atoms with Crippen LogP contribution in [0, 0.1) is 5.92 Å². The maximum absolute atomic E-state index is 12.6. The van der Waals surface area contributed by atoms with E-state index in [1.807, 2.05) is 6.92 Å². The molecule has 13 heteroatoms. The van der Waals surface area contributed by atoms with Crippen molar-refractivity contribution in [3.8, 4) is 0 Å². The third kappa shape index (κ3) is 42.9. The van der Waals surface area contributed by atoms with Gasteiger partial charge in [0.05, 0.1) is 71.7 Å². The molecule has 0 aromatic rings. The monoisotopic (exact) mass is 814 g/mol. The van der Waals surface area contributed by atoms with E-state index < -0.39 is 7.60 Å². The first kappa shape index (κ1) is 53.7. The molecule has 0 aliphatic rings. The zero-order valence-corrected chi connectivity index (χ0v) is 36.6. The molecule has 0 saturated heterocycles. The minimum Gasteiger partial charge on any atom is -0.379 e. The summed E-state index contributed by atoms with van der Waals surface area (Å²) in [4.78, 5) is 30.2. The molecule has 2 atom stereocenters. The van der Waals surface area contributed by atoms with Gasteiger partial charge in [-0.25, -0.2) is 0 Å². The van der Waals surface area contributed by atoms with Crippen molar-refractivity contribution in [3.05, 3.63) is 0 Å². The summed E-state index contributed by atoms with van der Waals surface area (Å²) in [7, 11) is -4.01. The van der Waals surface area contributed by atoms with Gasteiger partial charge in [0, 0.05) is 37.2 Å². The number of hydrogen-bond acceptors (Lipinski definition) is 9. The fraction of sp³-hybridized carbons (Fsp3) is 0.976. The highest BCUT2D eigenvalue weighted by Crippen LogP contribution is 2.33. The summed E-state index contributed by atoms with van der Waals surface area (Å²) in [5.74, 6) is 1.49. The molecule has 0 heterocycles. The molecule has 0 fully saturated rings. The number of thioether (sulfide) groups is 1. The van der Waals surface area contributed by atoms with E-state index in [9.17, 15) is 9.36 Å². The fourth-order valence-corrected chi connectivity index (χ4v) is 7.17. The minimum atomic E-state index is -4.01. The maximum atomic E-state index is 12.6. The van der Waals surface area contributed by atoms with Crippen LogP contribution in [0.2, 0.25) is 0 Å². The predicted octanol–water partition coefficient (Wildman–Crippen LogP) is 8.96. The van der Waals surface area contributed by atoms with Crippen LogP contribution in [0.5, 0.6) is 0 Å². The van der Waals surface area contributed by atoms with Crippen molar-refractivity contribution >= 4 is 25.3 Å². The Labute approximate surface area is 335 Å². The Balaban J connectivity index is 4.07. The molecule has 0 aliphatic carbocycles. The van der Waals surface area contributed by atoms with Gasteiger partial charge in [0.1, 0.15) is 0 Å². The second-order valence-electron chi connectivity index (χ2n) is 14.5. The summed E-state index contributed by atoms with van der Waals surface area (Å²) in [6.45, 7) is 11.8. The lowest BCUT2D eigenvalue weighted by Gasteiger charge is -2.19. The van der Waals surface area contributed by atoms with Gasteiger partial charge < -0.3 is 43.5 Å². The molecular formula is C41H84NO10PS. The average Bonchev–Trinajstić information content (AvgIpc) is 3.14. The van der Waals surface area contributed by atoms with E-state index >= 15 is 0 Å². The molecule has 0 rings (SSSR count). The highest BCUT2D eigenvalue weighted by atomic mass is 32.2. The second-order valence-corrected chi connectivity index (χ2v) is 17.4. The van der Waals surface area contributed by atoms with Crippen LogP contribution in [0.4, 0.5) is 0 Å². The van der Waals surface area contributed by atoms with Crippen LogP contribution in [0.3, 0.4) is 0 Å². The Morgan fingerprint density at radius 1 is 0.556 bits per heavy atom. The molecule has 0 saturated carbocycles. The van der Waals surface area contributed by atoms with E-state index in [0.717, 1.165) is 37.6 Å². The predicted molar refractivity (Wildman–Crippen MR) is 224 cm³/mol. The zero-order valence-electron chi connectivity index (χ0n) is 34.9. The van der Waals surface area contributed by atoms with Crippen LogP contribution in [0.15, 0.2) is 0 Å². The lowest BCUT2D eigenvalue weighted by Crippen LogP contribution is -2.33. The van der Waals surface area contributed by atoms with Gasteiger partial charge in [0.25, 0.3) is 0 Å². The first-order chi connectivity index (χ1) is 26.3. The molecule has 0 aliphatic heterocycles. The standard InChI is InChI=1S/C41H84NO10PS/c1-4-6-8-10-12-14-16-18-20-22-25-51-36-40(52-26-23-21-19-17-15-13-11-9-7-5-2)38-54-37-39(3)41(43)42-24-27-47-28-29-48-30-31-49-32-33-50-34-35-53(44,45)46/h39-40H,4-38H2,1-3H3,(H,42,43)(H2,44,45,46)/t39-,40+/m0/s1. The largest absolute Gasteiger partial charge is 0.379 e. The van der Waals surface area contributed by atoms with Gasteiger partial charge in [-0.05, 0) is 12.8 Å². The first-order valence-corrected chi connectivity index (χ1v) is 24.7. The van der Waals surface area contributed by atoms with Gasteiger partial charge in [-0.2, -0.15) is 11.8 Å². The molecular weight excluding hydrogens is 729 g/mol. The Kier molecular flexibility index (Phi) is 42.1. The van der Waals surface area contributed by atoms with Crippen LogP contribution >= 0.6 is 19.4 Å². The SMILES string of the molecule is CCCCCCCCCCCCOC[C@H](CSC[C@H](C)C(=O)NCCOCCOCCOCCOCCP(=O)(O)O)OCCCCCCCCCCCC. The second kappa shape index (κ2) is 42.3. The van der Waals surface area contributed by atoms with Crippen molar-refractivity contribution < 1.29 is 47.6 Å². The van der Waals surface area contributed by atoms with Crippen LogP contribution < -0.4 is 5.32 Å². The van der Waals surface area contributed by atoms with Crippen molar-refractivity contribution in [3.63, 3.8) is 0 Å². The minimum absolute atomic E-state index is 0.00455.